The van der Waals surface area contributed by atoms with Crippen molar-refractivity contribution in [3.8, 4) is 11.5 Å². The highest BCUT2D eigenvalue weighted by molar-refractivity contribution is 9.10. The second-order valence-electron chi connectivity index (χ2n) is 6.73. The van der Waals surface area contributed by atoms with Crippen LogP contribution >= 0.6 is 39.1 Å². The molecular formula is C24H17BrCl2O2. The zero-order valence-corrected chi connectivity index (χ0v) is 18.4. The summed E-state index contributed by atoms with van der Waals surface area (Å²) in [4.78, 5) is 0. The van der Waals surface area contributed by atoms with Gasteiger partial charge in [0.25, 0.3) is 0 Å². The predicted octanol–water partition coefficient (Wildman–Crippen LogP) is 7.78. The number of fused-ring (bicyclic) bond motifs is 1. The van der Waals surface area contributed by atoms with E-state index in [1.54, 1.807) is 12.1 Å². The van der Waals surface area contributed by atoms with Crippen molar-refractivity contribution >= 4 is 49.9 Å². The topological polar surface area (TPSA) is 29.5 Å². The number of hydrogen-bond donors (Lipinski definition) is 1. The van der Waals surface area contributed by atoms with Gasteiger partial charge >= 0.3 is 0 Å². The first-order valence-corrected chi connectivity index (χ1v) is 10.6. The van der Waals surface area contributed by atoms with Crippen LogP contribution in [-0.4, -0.2) is 5.11 Å². The molecule has 4 aromatic rings. The monoisotopic (exact) mass is 486 g/mol. The molecule has 1 N–H and O–H groups in total. The number of rotatable bonds is 5. The molecule has 5 heteroatoms. The van der Waals surface area contributed by atoms with Crippen LogP contribution in [0.5, 0.6) is 11.5 Å². The minimum Gasteiger partial charge on any atom is -0.508 e. The Morgan fingerprint density at radius 2 is 1.69 bits per heavy atom. The third-order valence-electron chi connectivity index (χ3n) is 4.80. The smallest absolute Gasteiger partial charge is 0.134 e. The van der Waals surface area contributed by atoms with Crippen molar-refractivity contribution in [3.63, 3.8) is 0 Å². The van der Waals surface area contributed by atoms with Crippen LogP contribution in [-0.2, 0) is 13.0 Å². The quantitative estimate of drug-likeness (QED) is 0.311. The molecule has 0 aliphatic carbocycles. The molecule has 29 heavy (non-hydrogen) atoms. The summed E-state index contributed by atoms with van der Waals surface area (Å²) in [6.07, 6.45) is 0.461. The predicted molar refractivity (Wildman–Crippen MR) is 123 cm³/mol. The van der Waals surface area contributed by atoms with Gasteiger partial charge in [0.1, 0.15) is 18.1 Å². The summed E-state index contributed by atoms with van der Waals surface area (Å²) < 4.78 is 6.90. The van der Waals surface area contributed by atoms with Gasteiger partial charge in [-0.25, -0.2) is 0 Å². The Balaban J connectivity index is 1.74. The number of benzene rings is 4. The molecule has 0 fully saturated rings. The SMILES string of the molecule is Oc1ccc2cc(Br)c(OCc3ccccc3)cc2c1Cc1cccc(Cl)c1Cl. The summed E-state index contributed by atoms with van der Waals surface area (Å²) in [5.41, 5.74) is 2.72. The van der Waals surface area contributed by atoms with Gasteiger partial charge < -0.3 is 9.84 Å². The van der Waals surface area contributed by atoms with Crippen molar-refractivity contribution in [2.24, 2.45) is 0 Å². The molecule has 4 aromatic carbocycles. The molecule has 0 spiro atoms. The van der Waals surface area contributed by atoms with E-state index in [9.17, 15) is 5.11 Å². The summed E-state index contributed by atoms with van der Waals surface area (Å²) in [6.45, 7) is 0.458. The van der Waals surface area contributed by atoms with E-state index < -0.39 is 0 Å². The van der Waals surface area contributed by atoms with Gasteiger partial charge in [0.2, 0.25) is 0 Å². The fourth-order valence-corrected chi connectivity index (χ4v) is 4.14. The molecule has 0 atom stereocenters. The Bertz CT molecular complexity index is 1180. The van der Waals surface area contributed by atoms with Crippen molar-refractivity contribution in [1.29, 1.82) is 0 Å². The van der Waals surface area contributed by atoms with E-state index in [1.807, 2.05) is 60.7 Å². The molecule has 0 radical (unpaired) electrons. The Labute approximate surface area is 187 Å². The number of ether oxygens (including phenoxy) is 1. The lowest BCUT2D eigenvalue weighted by atomic mass is 9.97. The van der Waals surface area contributed by atoms with Crippen LogP contribution in [0.25, 0.3) is 10.8 Å². The fourth-order valence-electron chi connectivity index (χ4n) is 3.28. The first-order valence-electron chi connectivity index (χ1n) is 9.06. The molecule has 0 saturated heterocycles. The Morgan fingerprint density at radius 3 is 2.48 bits per heavy atom. The van der Waals surface area contributed by atoms with Crippen LogP contribution in [0.2, 0.25) is 10.0 Å². The van der Waals surface area contributed by atoms with Gasteiger partial charge in [-0.2, -0.15) is 0 Å². The van der Waals surface area contributed by atoms with Crippen LogP contribution in [0, 0.1) is 0 Å². The Morgan fingerprint density at radius 1 is 0.897 bits per heavy atom. The second-order valence-corrected chi connectivity index (χ2v) is 8.37. The molecule has 0 unspecified atom stereocenters. The lowest BCUT2D eigenvalue weighted by Crippen LogP contribution is -1.97. The van der Waals surface area contributed by atoms with Gasteiger partial charge in [0.15, 0.2) is 0 Å². The van der Waals surface area contributed by atoms with Crippen molar-refractivity contribution in [2.75, 3.05) is 0 Å². The Kier molecular flexibility index (Phi) is 6.00. The highest BCUT2D eigenvalue weighted by atomic mass is 79.9. The number of halogens is 3. The van der Waals surface area contributed by atoms with E-state index in [0.29, 0.717) is 28.8 Å². The van der Waals surface area contributed by atoms with Gasteiger partial charge in [0, 0.05) is 12.0 Å². The molecule has 2 nitrogen and oxygen atoms in total. The van der Waals surface area contributed by atoms with Crippen molar-refractivity contribution < 1.29 is 9.84 Å². The summed E-state index contributed by atoms with van der Waals surface area (Å²) in [5, 5.41) is 13.5. The largest absolute Gasteiger partial charge is 0.508 e. The molecule has 0 aliphatic rings. The lowest BCUT2D eigenvalue weighted by Gasteiger charge is -2.14. The van der Waals surface area contributed by atoms with Gasteiger partial charge in [-0.1, -0.05) is 71.7 Å². The summed E-state index contributed by atoms with van der Waals surface area (Å²) in [6, 6.07) is 23.1. The van der Waals surface area contributed by atoms with E-state index >= 15 is 0 Å². The van der Waals surface area contributed by atoms with Gasteiger partial charge in [-0.15, -0.1) is 0 Å². The molecular weight excluding hydrogens is 471 g/mol. The maximum atomic E-state index is 10.6. The summed E-state index contributed by atoms with van der Waals surface area (Å²) in [7, 11) is 0. The van der Waals surface area contributed by atoms with Crippen LogP contribution in [0.1, 0.15) is 16.7 Å². The van der Waals surface area contributed by atoms with Crippen LogP contribution in [0.3, 0.4) is 0 Å². The van der Waals surface area contributed by atoms with E-state index in [-0.39, 0.29) is 5.75 Å². The molecule has 0 saturated carbocycles. The van der Waals surface area contributed by atoms with Gasteiger partial charge in [-0.3, -0.25) is 0 Å². The molecule has 0 aromatic heterocycles. The van der Waals surface area contributed by atoms with Crippen molar-refractivity contribution in [1.82, 2.24) is 0 Å². The third-order valence-corrected chi connectivity index (χ3v) is 6.27. The van der Waals surface area contributed by atoms with Gasteiger partial charge in [-0.05, 0) is 62.1 Å². The fraction of sp³-hybridized carbons (Fsp3) is 0.0833. The Hall–Kier alpha value is -2.20. The van der Waals surface area contributed by atoms with Crippen LogP contribution in [0.15, 0.2) is 77.3 Å². The van der Waals surface area contributed by atoms with Crippen molar-refractivity contribution in [2.45, 2.75) is 13.0 Å². The van der Waals surface area contributed by atoms with Crippen molar-refractivity contribution in [3.05, 3.63) is 104 Å². The normalized spacial score (nSPS) is 11.0. The second kappa shape index (κ2) is 8.66. The highest BCUT2D eigenvalue weighted by Crippen LogP contribution is 2.38. The van der Waals surface area contributed by atoms with E-state index in [4.69, 9.17) is 27.9 Å². The number of phenols is 1. The zero-order chi connectivity index (χ0) is 20.4. The average Bonchev–Trinajstić information content (AvgIpc) is 2.73. The molecule has 0 heterocycles. The average molecular weight is 488 g/mol. The molecule has 0 aliphatic heterocycles. The van der Waals surface area contributed by atoms with E-state index in [2.05, 4.69) is 15.9 Å². The highest BCUT2D eigenvalue weighted by Gasteiger charge is 2.14. The maximum absolute atomic E-state index is 10.6. The molecule has 0 amide bonds. The van der Waals surface area contributed by atoms with E-state index in [1.165, 1.54) is 0 Å². The third kappa shape index (κ3) is 4.37. The number of aromatic hydroxyl groups is 1. The molecule has 0 bridgehead atoms. The minimum atomic E-state index is 0.213. The summed E-state index contributed by atoms with van der Waals surface area (Å²) in [5.74, 6) is 0.926. The molecule has 4 rings (SSSR count). The van der Waals surface area contributed by atoms with Crippen LogP contribution < -0.4 is 4.74 Å². The first kappa shape index (κ1) is 20.1. The lowest BCUT2D eigenvalue weighted by molar-refractivity contribution is 0.304. The minimum absolute atomic E-state index is 0.213. The summed E-state index contributed by atoms with van der Waals surface area (Å²) >= 11 is 16.1. The number of hydrogen-bond acceptors (Lipinski definition) is 2. The van der Waals surface area contributed by atoms with Crippen LogP contribution in [0.4, 0.5) is 0 Å². The first-order chi connectivity index (χ1) is 14.0. The van der Waals surface area contributed by atoms with E-state index in [0.717, 1.165) is 31.9 Å². The standard InChI is InChI=1S/C24H17BrCl2O2/c25-20-12-16-9-10-22(28)19(11-17-7-4-8-21(26)24(17)27)18(16)13-23(20)29-14-15-5-2-1-3-6-15/h1-10,12-13,28H,11,14H2. The molecule has 146 valence electrons. The number of phenolic OH excluding ortho intramolecular Hbond substituents is 1. The van der Waals surface area contributed by atoms with Gasteiger partial charge in [0.05, 0.1) is 14.5 Å². The zero-order valence-electron chi connectivity index (χ0n) is 15.3. The maximum Gasteiger partial charge on any atom is 0.134 e.